The van der Waals surface area contributed by atoms with Crippen molar-refractivity contribution in [3.63, 3.8) is 0 Å². The highest BCUT2D eigenvalue weighted by molar-refractivity contribution is 5.71. The molecule has 84 valence electrons. The van der Waals surface area contributed by atoms with Gasteiger partial charge in [-0.2, -0.15) is 0 Å². The van der Waals surface area contributed by atoms with Crippen LogP contribution >= 0.6 is 0 Å². The van der Waals surface area contributed by atoms with E-state index < -0.39 is 0 Å². The van der Waals surface area contributed by atoms with Crippen LogP contribution in [0.15, 0.2) is 49.6 Å². The molecular weight excluding hydrogens is 196 g/mol. The SMILES string of the molecule is C=CC[C@@H]1Nc2ccccc2N[C@@H]1CC=C. The highest BCUT2D eigenvalue weighted by atomic mass is 15.1. The van der Waals surface area contributed by atoms with Gasteiger partial charge in [0, 0.05) is 0 Å². The molecule has 2 N–H and O–H groups in total. The van der Waals surface area contributed by atoms with Gasteiger partial charge in [-0.05, 0) is 25.0 Å². The molecule has 0 radical (unpaired) electrons. The molecule has 2 atom stereocenters. The minimum atomic E-state index is 0.394. The van der Waals surface area contributed by atoms with E-state index in [1.165, 1.54) is 11.4 Å². The summed E-state index contributed by atoms with van der Waals surface area (Å²) < 4.78 is 0. The minimum Gasteiger partial charge on any atom is -0.378 e. The predicted octanol–water partition coefficient (Wildman–Crippen LogP) is 3.41. The molecule has 0 aromatic heterocycles. The maximum atomic E-state index is 3.81. The standard InChI is InChI=1S/C14H18N2/c1-3-7-11-12(8-4-2)16-14-10-6-5-9-13(14)15-11/h3-6,9-12,15-16H,1-2,7-8H2/t11-,12+. The maximum absolute atomic E-state index is 3.81. The van der Waals surface area contributed by atoms with Crippen LogP contribution in [0, 0.1) is 0 Å². The average Bonchev–Trinajstić information content (AvgIpc) is 2.30. The second-order valence-electron chi connectivity index (χ2n) is 4.10. The van der Waals surface area contributed by atoms with Crippen molar-refractivity contribution in [1.29, 1.82) is 0 Å². The van der Waals surface area contributed by atoms with Gasteiger partial charge in [0.25, 0.3) is 0 Å². The Morgan fingerprint density at radius 1 is 0.938 bits per heavy atom. The predicted molar refractivity (Wildman–Crippen MR) is 70.9 cm³/mol. The number of rotatable bonds is 4. The summed E-state index contributed by atoms with van der Waals surface area (Å²) in [5.74, 6) is 0. The average molecular weight is 214 g/mol. The molecule has 0 bridgehead atoms. The third kappa shape index (κ3) is 2.11. The molecule has 1 aliphatic rings. The number of para-hydroxylation sites is 2. The fourth-order valence-corrected chi connectivity index (χ4v) is 2.14. The molecule has 16 heavy (non-hydrogen) atoms. The van der Waals surface area contributed by atoms with Crippen LogP contribution in [0.25, 0.3) is 0 Å². The lowest BCUT2D eigenvalue weighted by Crippen LogP contribution is -2.42. The molecule has 0 aliphatic carbocycles. The Hall–Kier alpha value is -1.70. The van der Waals surface area contributed by atoms with Crippen LogP contribution in [0.5, 0.6) is 0 Å². The zero-order chi connectivity index (χ0) is 11.4. The van der Waals surface area contributed by atoms with Gasteiger partial charge < -0.3 is 10.6 Å². The van der Waals surface area contributed by atoms with Crippen LogP contribution in [-0.2, 0) is 0 Å². The molecular formula is C14H18N2. The van der Waals surface area contributed by atoms with Crippen LogP contribution in [0.2, 0.25) is 0 Å². The molecule has 2 nitrogen and oxygen atoms in total. The van der Waals surface area contributed by atoms with Crippen molar-refractivity contribution in [3.05, 3.63) is 49.6 Å². The smallest absolute Gasteiger partial charge is 0.0579 e. The quantitative estimate of drug-likeness (QED) is 0.750. The highest BCUT2D eigenvalue weighted by Crippen LogP contribution is 2.30. The highest BCUT2D eigenvalue weighted by Gasteiger charge is 2.24. The van der Waals surface area contributed by atoms with E-state index >= 15 is 0 Å². The van der Waals surface area contributed by atoms with Gasteiger partial charge in [-0.25, -0.2) is 0 Å². The van der Waals surface area contributed by atoms with Gasteiger partial charge in [0.1, 0.15) is 0 Å². The van der Waals surface area contributed by atoms with E-state index in [0.717, 1.165) is 12.8 Å². The molecule has 0 spiro atoms. The Morgan fingerprint density at radius 2 is 1.38 bits per heavy atom. The molecule has 1 heterocycles. The molecule has 0 amide bonds. The summed E-state index contributed by atoms with van der Waals surface area (Å²) in [6, 6.07) is 9.08. The fourth-order valence-electron chi connectivity index (χ4n) is 2.14. The van der Waals surface area contributed by atoms with E-state index in [1.807, 2.05) is 24.3 Å². The van der Waals surface area contributed by atoms with Gasteiger partial charge >= 0.3 is 0 Å². The van der Waals surface area contributed by atoms with E-state index in [2.05, 4.69) is 35.9 Å². The van der Waals surface area contributed by atoms with E-state index in [1.54, 1.807) is 0 Å². The largest absolute Gasteiger partial charge is 0.378 e. The zero-order valence-corrected chi connectivity index (χ0v) is 9.45. The van der Waals surface area contributed by atoms with Crippen LogP contribution in [0.3, 0.4) is 0 Å². The molecule has 2 heteroatoms. The maximum Gasteiger partial charge on any atom is 0.0579 e. The first-order valence-corrected chi connectivity index (χ1v) is 5.69. The van der Waals surface area contributed by atoms with Crippen molar-refractivity contribution in [3.8, 4) is 0 Å². The van der Waals surface area contributed by atoms with Crippen molar-refractivity contribution >= 4 is 11.4 Å². The normalized spacial score (nSPS) is 22.5. The van der Waals surface area contributed by atoms with Gasteiger partial charge in [-0.3, -0.25) is 0 Å². The first kappa shape index (κ1) is 10.8. The Kier molecular flexibility index (Phi) is 3.30. The lowest BCUT2D eigenvalue weighted by Gasteiger charge is -2.35. The number of anilines is 2. The lowest BCUT2D eigenvalue weighted by molar-refractivity contribution is 0.587. The van der Waals surface area contributed by atoms with Gasteiger partial charge in [0.2, 0.25) is 0 Å². The summed E-state index contributed by atoms with van der Waals surface area (Å²) in [5, 5.41) is 7.10. The van der Waals surface area contributed by atoms with Crippen molar-refractivity contribution in [2.75, 3.05) is 10.6 Å². The van der Waals surface area contributed by atoms with Crippen LogP contribution in [0.4, 0.5) is 11.4 Å². The van der Waals surface area contributed by atoms with Gasteiger partial charge in [0.15, 0.2) is 0 Å². The van der Waals surface area contributed by atoms with Crippen LogP contribution in [0.1, 0.15) is 12.8 Å². The summed E-state index contributed by atoms with van der Waals surface area (Å²) in [5.41, 5.74) is 2.35. The van der Waals surface area contributed by atoms with Crippen molar-refractivity contribution in [2.45, 2.75) is 24.9 Å². The van der Waals surface area contributed by atoms with Crippen LogP contribution in [-0.4, -0.2) is 12.1 Å². The molecule has 1 aliphatic heterocycles. The minimum absolute atomic E-state index is 0.394. The Bertz CT molecular complexity index is 347. The summed E-state index contributed by atoms with van der Waals surface area (Å²) in [4.78, 5) is 0. The first-order chi connectivity index (χ1) is 7.85. The molecule has 0 fully saturated rings. The van der Waals surface area contributed by atoms with E-state index in [4.69, 9.17) is 0 Å². The van der Waals surface area contributed by atoms with E-state index in [0.29, 0.717) is 12.1 Å². The van der Waals surface area contributed by atoms with Gasteiger partial charge in [-0.1, -0.05) is 24.3 Å². The van der Waals surface area contributed by atoms with Crippen molar-refractivity contribution in [2.24, 2.45) is 0 Å². The summed E-state index contributed by atoms with van der Waals surface area (Å²) >= 11 is 0. The molecule has 0 saturated carbocycles. The molecule has 1 aromatic rings. The third-order valence-corrected chi connectivity index (χ3v) is 2.94. The number of hydrogen-bond acceptors (Lipinski definition) is 2. The molecule has 0 saturated heterocycles. The van der Waals surface area contributed by atoms with Crippen molar-refractivity contribution in [1.82, 2.24) is 0 Å². The van der Waals surface area contributed by atoms with Crippen LogP contribution < -0.4 is 10.6 Å². The monoisotopic (exact) mass is 214 g/mol. The summed E-state index contributed by atoms with van der Waals surface area (Å²) in [6.07, 6.45) is 5.84. The van der Waals surface area contributed by atoms with E-state index in [9.17, 15) is 0 Å². The first-order valence-electron chi connectivity index (χ1n) is 5.69. The second-order valence-corrected chi connectivity index (χ2v) is 4.10. The fraction of sp³-hybridized carbons (Fsp3) is 0.286. The Morgan fingerprint density at radius 3 is 1.75 bits per heavy atom. The molecule has 0 unspecified atom stereocenters. The number of fused-ring (bicyclic) bond motifs is 1. The Labute approximate surface area is 97.1 Å². The zero-order valence-electron chi connectivity index (χ0n) is 9.45. The summed E-state index contributed by atoms with van der Waals surface area (Å²) in [7, 11) is 0. The molecule has 1 aromatic carbocycles. The second kappa shape index (κ2) is 4.88. The van der Waals surface area contributed by atoms with Gasteiger partial charge in [-0.15, -0.1) is 13.2 Å². The third-order valence-electron chi connectivity index (χ3n) is 2.94. The number of benzene rings is 1. The number of nitrogens with one attached hydrogen (secondary N) is 2. The van der Waals surface area contributed by atoms with E-state index in [-0.39, 0.29) is 0 Å². The van der Waals surface area contributed by atoms with Gasteiger partial charge in [0.05, 0.1) is 23.5 Å². The molecule has 2 rings (SSSR count). The van der Waals surface area contributed by atoms with Crippen molar-refractivity contribution < 1.29 is 0 Å². The number of hydrogen-bond donors (Lipinski definition) is 2. The Balaban J connectivity index is 2.21. The lowest BCUT2D eigenvalue weighted by atomic mass is 9.97. The summed E-state index contributed by atoms with van der Waals surface area (Å²) in [6.45, 7) is 7.62. The topological polar surface area (TPSA) is 24.1 Å².